The van der Waals surface area contributed by atoms with E-state index in [9.17, 15) is 13.9 Å². The van der Waals surface area contributed by atoms with Gasteiger partial charge in [-0.2, -0.15) is 0 Å². The number of carbonyl (C=O) groups is 1. The van der Waals surface area contributed by atoms with Crippen molar-refractivity contribution in [2.24, 2.45) is 5.16 Å². The van der Waals surface area contributed by atoms with E-state index in [1.807, 2.05) is 0 Å². The number of allylic oxidation sites excluding steroid dienone is 2. The van der Waals surface area contributed by atoms with Crippen molar-refractivity contribution in [1.29, 1.82) is 0 Å². The molecule has 1 atom stereocenters. The zero-order valence-corrected chi connectivity index (χ0v) is 17.0. The molecule has 0 spiro atoms. The Balaban J connectivity index is 1.85. The molecule has 4 N–H and O–H groups in total. The molecule has 154 valence electrons. The van der Waals surface area contributed by atoms with Crippen LogP contribution in [0, 0.1) is 0 Å². The number of nitrogens with one attached hydrogen (secondary N) is 1. The van der Waals surface area contributed by atoms with Gasteiger partial charge in [0.2, 0.25) is 0 Å². The highest BCUT2D eigenvalue weighted by atomic mass is 35.5. The molecule has 1 heterocycles. The van der Waals surface area contributed by atoms with Gasteiger partial charge in [0, 0.05) is 23.1 Å². The SMILES string of the molecule is C[C@H](CO)ON=C(C(=O)Nc1ccc(Cl)cn1)c1ccc(S(O)(O)C2=CC2)cc1. The summed E-state index contributed by atoms with van der Waals surface area (Å²) < 4.78 is 20.6. The van der Waals surface area contributed by atoms with Gasteiger partial charge < -0.3 is 15.3 Å². The van der Waals surface area contributed by atoms with Crippen LogP contribution in [0.15, 0.2) is 63.6 Å². The molecule has 1 aromatic heterocycles. The van der Waals surface area contributed by atoms with Gasteiger partial charge in [-0.1, -0.05) is 35.0 Å². The molecule has 0 fully saturated rings. The molecule has 1 aliphatic carbocycles. The predicted octanol–water partition coefficient (Wildman–Crippen LogP) is 3.87. The number of pyridine rings is 1. The van der Waals surface area contributed by atoms with Crippen LogP contribution in [0.2, 0.25) is 5.02 Å². The number of anilines is 1. The summed E-state index contributed by atoms with van der Waals surface area (Å²) >= 11 is 5.80. The molecular formula is C19H20ClN3O5S. The normalized spacial score (nSPS) is 15.3. The van der Waals surface area contributed by atoms with Crippen LogP contribution >= 0.6 is 22.2 Å². The Morgan fingerprint density at radius 3 is 2.55 bits per heavy atom. The van der Waals surface area contributed by atoms with Crippen molar-refractivity contribution < 1.29 is 23.8 Å². The molecule has 8 nitrogen and oxygen atoms in total. The predicted molar refractivity (Wildman–Crippen MR) is 112 cm³/mol. The van der Waals surface area contributed by atoms with Gasteiger partial charge >= 0.3 is 0 Å². The average Bonchev–Trinajstić information content (AvgIpc) is 3.56. The maximum atomic E-state index is 12.7. The quantitative estimate of drug-likeness (QED) is 0.367. The number of aliphatic hydroxyl groups excluding tert-OH is 1. The smallest absolute Gasteiger partial charge is 0.279 e. The number of aromatic nitrogens is 1. The number of rotatable bonds is 8. The average molecular weight is 438 g/mol. The molecule has 0 bridgehead atoms. The minimum absolute atomic E-state index is 0.0595. The molecule has 0 aliphatic heterocycles. The van der Waals surface area contributed by atoms with Gasteiger partial charge in [-0.25, -0.2) is 4.98 Å². The summed E-state index contributed by atoms with van der Waals surface area (Å²) in [6.07, 6.45) is 3.12. The first-order valence-electron chi connectivity index (χ1n) is 8.66. The van der Waals surface area contributed by atoms with Crippen LogP contribution in [0.4, 0.5) is 5.82 Å². The second-order valence-corrected chi connectivity index (χ2v) is 8.83. The number of oxime groups is 1. The molecule has 1 amide bonds. The number of nitrogens with zero attached hydrogens (tertiary/aromatic N) is 2. The zero-order chi connectivity index (χ0) is 21.0. The minimum atomic E-state index is -2.98. The van der Waals surface area contributed by atoms with Crippen LogP contribution < -0.4 is 5.32 Å². The molecule has 3 rings (SSSR count). The van der Waals surface area contributed by atoms with Crippen LogP contribution in [-0.2, 0) is 9.63 Å². The van der Waals surface area contributed by atoms with Crippen LogP contribution in [0.1, 0.15) is 18.9 Å². The fourth-order valence-electron chi connectivity index (χ4n) is 2.25. The Morgan fingerprint density at radius 1 is 1.31 bits per heavy atom. The van der Waals surface area contributed by atoms with Gasteiger partial charge in [0.05, 0.1) is 16.5 Å². The summed E-state index contributed by atoms with van der Waals surface area (Å²) in [5, 5.41) is 16.0. The van der Waals surface area contributed by atoms with Crippen LogP contribution in [0.3, 0.4) is 0 Å². The fraction of sp³-hybridized carbons (Fsp3) is 0.211. The Bertz CT molecular complexity index is 945. The van der Waals surface area contributed by atoms with Crippen molar-refractivity contribution >= 4 is 39.6 Å². The lowest BCUT2D eigenvalue weighted by molar-refractivity contribution is -0.110. The summed E-state index contributed by atoms with van der Waals surface area (Å²) in [5.74, 6) is -0.317. The molecule has 1 aromatic carbocycles. The van der Waals surface area contributed by atoms with Crippen molar-refractivity contribution in [2.45, 2.75) is 24.3 Å². The number of hydrogen-bond donors (Lipinski definition) is 4. The summed E-state index contributed by atoms with van der Waals surface area (Å²) in [4.78, 5) is 22.9. The van der Waals surface area contributed by atoms with Crippen molar-refractivity contribution in [3.05, 3.63) is 64.2 Å². The van der Waals surface area contributed by atoms with Crippen molar-refractivity contribution in [3.8, 4) is 0 Å². The number of benzene rings is 1. The maximum absolute atomic E-state index is 12.7. The maximum Gasteiger partial charge on any atom is 0.279 e. The summed E-state index contributed by atoms with van der Waals surface area (Å²) in [7, 11) is -2.98. The molecule has 0 saturated heterocycles. The van der Waals surface area contributed by atoms with Gasteiger partial charge in [0.1, 0.15) is 11.9 Å². The lowest BCUT2D eigenvalue weighted by Crippen LogP contribution is -2.25. The fourth-order valence-corrected chi connectivity index (χ4v) is 3.73. The standard InChI is InChI=1S/C19H20ClN3O5S/c1-12(11-24)28-23-18(19(25)22-17-9-4-14(20)10-21-17)13-2-5-15(6-3-13)29(26,27)16-7-8-16/h2-7,9-10,12,24,26-27H,8,11H2,1H3,(H,21,22,25)/t12-/m1/s1. The highest BCUT2D eigenvalue weighted by Gasteiger charge is 2.27. The van der Waals surface area contributed by atoms with E-state index in [1.165, 1.54) is 24.4 Å². The highest BCUT2D eigenvalue weighted by molar-refractivity contribution is 8.27. The van der Waals surface area contributed by atoms with Crippen molar-refractivity contribution in [2.75, 3.05) is 11.9 Å². The van der Waals surface area contributed by atoms with E-state index in [4.69, 9.17) is 21.5 Å². The first-order chi connectivity index (χ1) is 13.8. The lowest BCUT2D eigenvalue weighted by Gasteiger charge is -2.30. The molecule has 2 aromatic rings. The summed E-state index contributed by atoms with van der Waals surface area (Å²) in [6.45, 7) is 1.33. The summed E-state index contributed by atoms with van der Waals surface area (Å²) in [5.41, 5.74) is 0.334. The monoisotopic (exact) mass is 437 g/mol. The van der Waals surface area contributed by atoms with E-state index in [1.54, 1.807) is 31.2 Å². The first-order valence-corrected chi connectivity index (χ1v) is 10.6. The van der Waals surface area contributed by atoms with Crippen molar-refractivity contribution in [3.63, 3.8) is 0 Å². The Hall–Kier alpha value is -2.43. The van der Waals surface area contributed by atoms with E-state index in [0.29, 0.717) is 26.8 Å². The third-order valence-corrected chi connectivity index (χ3v) is 6.18. The first kappa shape index (κ1) is 21.3. The van der Waals surface area contributed by atoms with Crippen LogP contribution in [0.25, 0.3) is 0 Å². The van der Waals surface area contributed by atoms with Gasteiger partial charge in [-0.3, -0.25) is 13.9 Å². The van der Waals surface area contributed by atoms with E-state index < -0.39 is 22.6 Å². The third-order valence-electron chi connectivity index (χ3n) is 3.96. The van der Waals surface area contributed by atoms with E-state index in [0.717, 1.165) is 0 Å². The number of carbonyl (C=O) groups excluding carboxylic acids is 1. The zero-order valence-electron chi connectivity index (χ0n) is 15.4. The Morgan fingerprint density at radius 2 is 2.00 bits per heavy atom. The third kappa shape index (κ3) is 5.34. The molecule has 1 aliphatic rings. The molecule has 0 saturated carbocycles. The van der Waals surface area contributed by atoms with Gasteiger partial charge in [-0.05, 0) is 31.2 Å². The van der Waals surface area contributed by atoms with Crippen molar-refractivity contribution in [1.82, 2.24) is 4.98 Å². The Kier molecular flexibility index (Phi) is 6.56. The van der Waals surface area contributed by atoms with Crippen LogP contribution in [-0.4, -0.2) is 43.5 Å². The topological polar surface area (TPSA) is 124 Å². The largest absolute Gasteiger partial charge is 0.392 e. The number of hydrogen-bond acceptors (Lipinski definition) is 7. The molecule has 0 unspecified atom stereocenters. The Labute approximate surface area is 174 Å². The van der Waals surface area contributed by atoms with Crippen LogP contribution in [0.5, 0.6) is 0 Å². The number of halogens is 1. The molecule has 10 heteroatoms. The molecule has 29 heavy (non-hydrogen) atoms. The van der Waals surface area contributed by atoms with E-state index in [-0.39, 0.29) is 18.1 Å². The number of amides is 1. The molecular weight excluding hydrogens is 418 g/mol. The van der Waals surface area contributed by atoms with Gasteiger partial charge in [0.25, 0.3) is 5.91 Å². The lowest BCUT2D eigenvalue weighted by atomic mass is 10.1. The summed E-state index contributed by atoms with van der Waals surface area (Å²) in [6, 6.07) is 9.28. The van der Waals surface area contributed by atoms with E-state index >= 15 is 0 Å². The van der Waals surface area contributed by atoms with Gasteiger partial charge in [-0.15, -0.1) is 10.6 Å². The second-order valence-electron chi connectivity index (χ2n) is 6.30. The van der Waals surface area contributed by atoms with E-state index in [2.05, 4.69) is 15.5 Å². The highest BCUT2D eigenvalue weighted by Crippen LogP contribution is 2.61. The number of aliphatic hydroxyl groups is 1. The minimum Gasteiger partial charge on any atom is -0.392 e. The second kappa shape index (κ2) is 8.93. The molecule has 0 radical (unpaired) electrons. The van der Waals surface area contributed by atoms with Gasteiger partial charge in [0.15, 0.2) is 5.71 Å².